The van der Waals surface area contributed by atoms with Crippen molar-refractivity contribution in [1.82, 2.24) is 5.32 Å². The Morgan fingerprint density at radius 1 is 1.16 bits per heavy atom. The first-order valence-corrected chi connectivity index (χ1v) is 13.9. The fourth-order valence-corrected chi connectivity index (χ4v) is 5.27. The molecule has 2 aliphatic heterocycles. The van der Waals surface area contributed by atoms with Gasteiger partial charge in [-0.25, -0.2) is 4.79 Å². The van der Waals surface area contributed by atoms with Gasteiger partial charge in [-0.3, -0.25) is 9.59 Å². The van der Waals surface area contributed by atoms with Crippen molar-refractivity contribution in [3.8, 4) is 17.2 Å². The van der Waals surface area contributed by atoms with E-state index in [1.165, 1.54) is 37.4 Å². The van der Waals surface area contributed by atoms with E-state index in [1.807, 2.05) is 19.9 Å². The van der Waals surface area contributed by atoms with Crippen LogP contribution in [0, 0.1) is 6.92 Å². The summed E-state index contributed by atoms with van der Waals surface area (Å²) in [6.45, 7) is 8.73. The average molecular weight is 615 g/mol. The predicted octanol–water partition coefficient (Wildman–Crippen LogP) is 2.25. The smallest absolute Gasteiger partial charge is 0.404 e. The topological polar surface area (TPSA) is 196 Å². The van der Waals surface area contributed by atoms with Crippen LogP contribution in [-0.2, 0) is 20.6 Å². The zero-order valence-electron chi connectivity index (χ0n) is 25.3. The number of hydrogen-bond donors (Lipinski definition) is 5. The molecule has 13 nitrogen and oxygen atoms in total. The predicted molar refractivity (Wildman–Crippen MR) is 155 cm³/mol. The van der Waals surface area contributed by atoms with Crippen LogP contribution < -0.4 is 20.5 Å². The lowest BCUT2D eigenvalue weighted by Crippen LogP contribution is -2.65. The van der Waals surface area contributed by atoms with Gasteiger partial charge in [0.2, 0.25) is 12.6 Å². The molecule has 2 amide bonds. The number of hydrogen-bond acceptors (Lipinski definition) is 11. The standard InChI is InChI=1S/C31H38N2O11/c1-14(2)7-8-16-13-17(9-11-19(16)34)27(37)33-21-22(35)18-10-12-20(15(3)24(18)42-28(21)38)41-29-23(36)25(43-30(32)39)26(40-6)31(4,5)44-29/h7,9-13,21,23,25-26,28-29,34,36,38H,8H2,1-6H3,(H2,32,39)(H,33,37). The normalized spacial score (nSPS) is 25.7. The number of amides is 2. The lowest BCUT2D eigenvalue weighted by atomic mass is 9.89. The van der Waals surface area contributed by atoms with E-state index in [-0.39, 0.29) is 28.4 Å². The molecule has 6 N–H and O–H groups in total. The molecule has 6 atom stereocenters. The maximum atomic E-state index is 13.4. The highest BCUT2D eigenvalue weighted by Crippen LogP contribution is 2.39. The first-order chi connectivity index (χ1) is 20.6. The maximum Gasteiger partial charge on any atom is 0.404 e. The van der Waals surface area contributed by atoms with Gasteiger partial charge >= 0.3 is 6.09 Å². The Kier molecular flexibility index (Phi) is 9.54. The van der Waals surface area contributed by atoms with E-state index in [0.717, 1.165) is 5.57 Å². The van der Waals surface area contributed by atoms with Crippen LogP contribution in [0.2, 0.25) is 0 Å². The van der Waals surface area contributed by atoms with Crippen molar-refractivity contribution in [3.63, 3.8) is 0 Å². The van der Waals surface area contributed by atoms with E-state index in [0.29, 0.717) is 17.5 Å². The van der Waals surface area contributed by atoms with E-state index in [9.17, 15) is 29.7 Å². The number of ketones is 1. The number of carbonyl (C=O) groups is 3. The molecule has 44 heavy (non-hydrogen) atoms. The number of nitrogens with two attached hydrogens (primary N) is 1. The summed E-state index contributed by atoms with van der Waals surface area (Å²) < 4.78 is 28.1. The van der Waals surface area contributed by atoms with E-state index in [1.54, 1.807) is 20.8 Å². The highest BCUT2D eigenvalue weighted by Gasteiger charge is 2.53. The highest BCUT2D eigenvalue weighted by molar-refractivity contribution is 6.07. The number of aliphatic hydroxyl groups is 2. The van der Waals surface area contributed by atoms with Crippen LogP contribution in [0.5, 0.6) is 17.2 Å². The zero-order valence-corrected chi connectivity index (χ0v) is 25.3. The van der Waals surface area contributed by atoms with Crippen molar-refractivity contribution in [2.75, 3.05) is 7.11 Å². The van der Waals surface area contributed by atoms with Crippen LogP contribution in [0.3, 0.4) is 0 Å². The molecular formula is C31H38N2O11. The summed E-state index contributed by atoms with van der Waals surface area (Å²) in [5, 5.41) is 34.4. The minimum absolute atomic E-state index is 0.0170. The number of carbonyl (C=O) groups excluding carboxylic acids is 3. The van der Waals surface area contributed by atoms with Gasteiger partial charge in [0.1, 0.15) is 23.4 Å². The third-order valence-corrected chi connectivity index (χ3v) is 7.55. The van der Waals surface area contributed by atoms with Crippen LogP contribution in [0.15, 0.2) is 42.0 Å². The summed E-state index contributed by atoms with van der Waals surface area (Å²) in [6, 6.07) is 5.76. The lowest BCUT2D eigenvalue weighted by Gasteiger charge is -2.47. The summed E-state index contributed by atoms with van der Waals surface area (Å²) >= 11 is 0. The lowest BCUT2D eigenvalue weighted by molar-refractivity contribution is -0.304. The number of Topliss-reactive ketones (excluding diaryl/α,β-unsaturated/α-hetero) is 1. The molecule has 0 bridgehead atoms. The summed E-state index contributed by atoms with van der Waals surface area (Å²) in [6.07, 6.45) is -5.48. The van der Waals surface area contributed by atoms with Crippen LogP contribution >= 0.6 is 0 Å². The monoisotopic (exact) mass is 614 g/mol. The largest absolute Gasteiger partial charge is 0.508 e. The summed E-state index contributed by atoms with van der Waals surface area (Å²) in [5.74, 6) is -1.05. The minimum atomic E-state index is -1.73. The number of phenols is 1. The Labute approximate surface area is 254 Å². The number of aromatic hydroxyl groups is 1. The quantitative estimate of drug-likeness (QED) is 0.274. The molecule has 4 rings (SSSR count). The number of allylic oxidation sites excluding steroid dienone is 2. The van der Waals surface area contributed by atoms with E-state index in [4.69, 9.17) is 29.4 Å². The zero-order chi connectivity index (χ0) is 32.5. The van der Waals surface area contributed by atoms with Gasteiger partial charge in [0.05, 0.1) is 11.2 Å². The van der Waals surface area contributed by atoms with Crippen molar-refractivity contribution >= 4 is 17.8 Å². The van der Waals surface area contributed by atoms with Gasteiger partial charge < -0.3 is 50.1 Å². The molecule has 13 heteroatoms. The van der Waals surface area contributed by atoms with E-state index < -0.39 is 60.3 Å². The number of aliphatic hydroxyl groups excluding tert-OH is 2. The number of rotatable bonds is 8. The number of ether oxygens (including phenoxy) is 5. The van der Waals surface area contributed by atoms with Crippen LogP contribution in [-0.4, -0.2) is 82.7 Å². The van der Waals surface area contributed by atoms with Crippen LogP contribution in [0.4, 0.5) is 4.79 Å². The SMILES string of the molecule is COC1C(OC(N)=O)C(O)C(Oc2ccc3c(c2C)OC(O)C(NC(=O)c2ccc(O)c(CC=C(C)C)c2)C3=O)OC1(C)C. The molecule has 2 aromatic carbocycles. The number of methoxy groups -OCH3 is 1. The Bertz CT molecular complexity index is 1470. The molecule has 0 saturated carbocycles. The summed E-state index contributed by atoms with van der Waals surface area (Å²) in [7, 11) is 1.37. The second-order valence-corrected chi connectivity index (χ2v) is 11.5. The second-order valence-electron chi connectivity index (χ2n) is 11.5. The molecule has 6 unspecified atom stereocenters. The molecule has 2 aromatic rings. The van der Waals surface area contributed by atoms with Crippen LogP contribution in [0.25, 0.3) is 0 Å². The molecule has 0 aromatic heterocycles. The van der Waals surface area contributed by atoms with Gasteiger partial charge in [-0.1, -0.05) is 11.6 Å². The number of phenolic OH excluding ortho intramolecular Hbond substituents is 1. The molecule has 2 aliphatic rings. The third-order valence-electron chi connectivity index (χ3n) is 7.55. The highest BCUT2D eigenvalue weighted by atomic mass is 16.7. The first-order valence-electron chi connectivity index (χ1n) is 13.9. The molecule has 0 aliphatic carbocycles. The van der Waals surface area contributed by atoms with Gasteiger partial charge in [0.25, 0.3) is 5.91 Å². The summed E-state index contributed by atoms with van der Waals surface area (Å²) in [4.78, 5) is 38.0. The Morgan fingerprint density at radius 2 is 1.86 bits per heavy atom. The molecule has 0 spiro atoms. The van der Waals surface area contributed by atoms with Crippen molar-refractivity contribution in [1.29, 1.82) is 0 Å². The van der Waals surface area contributed by atoms with Gasteiger partial charge in [-0.15, -0.1) is 0 Å². The fourth-order valence-electron chi connectivity index (χ4n) is 5.27. The van der Waals surface area contributed by atoms with E-state index in [2.05, 4.69) is 5.32 Å². The molecule has 1 fully saturated rings. The second kappa shape index (κ2) is 12.8. The average Bonchev–Trinajstić information content (AvgIpc) is 2.94. The molecule has 1 saturated heterocycles. The van der Waals surface area contributed by atoms with Crippen molar-refractivity contribution in [3.05, 3.63) is 64.2 Å². The van der Waals surface area contributed by atoms with Crippen molar-refractivity contribution in [2.45, 2.75) is 83.6 Å². The molecule has 2 heterocycles. The Morgan fingerprint density at radius 3 is 2.50 bits per heavy atom. The van der Waals surface area contributed by atoms with Crippen molar-refractivity contribution < 1.29 is 53.4 Å². The Balaban J connectivity index is 1.54. The number of nitrogens with one attached hydrogen (secondary N) is 1. The Hall–Kier alpha value is -4.17. The van der Waals surface area contributed by atoms with Gasteiger partial charge in [-0.05, 0) is 76.9 Å². The van der Waals surface area contributed by atoms with Gasteiger partial charge in [0.15, 0.2) is 24.0 Å². The van der Waals surface area contributed by atoms with E-state index >= 15 is 0 Å². The molecule has 238 valence electrons. The fraction of sp³-hybridized carbons (Fsp3) is 0.452. The van der Waals surface area contributed by atoms with Gasteiger partial charge in [0, 0.05) is 18.2 Å². The minimum Gasteiger partial charge on any atom is -0.508 e. The number of fused-ring (bicyclic) bond motifs is 1. The summed E-state index contributed by atoms with van der Waals surface area (Å²) in [5.41, 5.74) is 6.27. The first kappa shape index (κ1) is 32.7. The molecule has 0 radical (unpaired) electrons. The molecular weight excluding hydrogens is 576 g/mol. The number of primary amides is 1. The van der Waals surface area contributed by atoms with Gasteiger partial charge in [-0.2, -0.15) is 0 Å². The third kappa shape index (κ3) is 6.65. The van der Waals surface area contributed by atoms with Crippen molar-refractivity contribution in [2.24, 2.45) is 5.73 Å². The number of benzene rings is 2. The van der Waals surface area contributed by atoms with Crippen LogP contribution in [0.1, 0.15) is 59.5 Å². The maximum absolute atomic E-state index is 13.4.